The number of hydrogen-bond donors (Lipinski definition) is 0. The van der Waals surface area contributed by atoms with Gasteiger partial charge in [-0.2, -0.15) is 0 Å². The lowest BCUT2D eigenvalue weighted by Crippen LogP contribution is -2.11. The first-order valence-corrected chi connectivity index (χ1v) is 12.1. The molecule has 2 aromatic carbocycles. The third kappa shape index (κ3) is 11.2. The molecule has 0 aliphatic rings. The topological polar surface area (TPSA) is 24.7 Å². The summed E-state index contributed by atoms with van der Waals surface area (Å²) in [5.41, 5.74) is 3.20. The summed E-state index contributed by atoms with van der Waals surface area (Å²) in [7, 11) is 0. The van der Waals surface area contributed by atoms with Crippen LogP contribution >= 0.6 is 46.4 Å². The van der Waals surface area contributed by atoms with Gasteiger partial charge in [0.05, 0.1) is 11.1 Å². The average molecular weight is 516 g/mol. The van der Waals surface area contributed by atoms with Crippen LogP contribution < -0.4 is 0 Å². The van der Waals surface area contributed by atoms with Gasteiger partial charge in [-0.3, -0.25) is 9.98 Å². The van der Waals surface area contributed by atoms with Crippen molar-refractivity contribution in [2.45, 2.75) is 61.4 Å². The van der Waals surface area contributed by atoms with Crippen molar-refractivity contribution in [3.63, 3.8) is 0 Å². The monoisotopic (exact) mass is 514 g/mol. The second-order valence-corrected chi connectivity index (χ2v) is 11.8. The van der Waals surface area contributed by atoms with E-state index in [1.54, 1.807) is 12.1 Å². The van der Waals surface area contributed by atoms with Crippen LogP contribution in [0.15, 0.2) is 46.4 Å². The molecule has 2 aromatic rings. The smallest absolute Gasteiger partial charge is 0.0731 e. The highest BCUT2D eigenvalue weighted by atomic mass is 35.5. The first-order chi connectivity index (χ1) is 14.6. The van der Waals surface area contributed by atoms with E-state index < -0.39 is 0 Å². The predicted molar refractivity (Wildman–Crippen MR) is 146 cm³/mol. The number of halogens is 4. The van der Waals surface area contributed by atoms with Crippen LogP contribution in [-0.4, -0.2) is 18.5 Å². The van der Waals surface area contributed by atoms with E-state index in [4.69, 9.17) is 46.4 Å². The van der Waals surface area contributed by atoms with Crippen LogP contribution in [0, 0.1) is 10.8 Å². The van der Waals surface area contributed by atoms with Crippen LogP contribution in [0.4, 0.5) is 0 Å². The molecule has 176 valence electrons. The summed E-state index contributed by atoms with van der Waals surface area (Å²) in [6, 6.07) is 11.1. The number of nitrogens with zero attached hydrogens (tertiary/aromatic N) is 2. The molecule has 0 amide bonds. The Bertz CT molecular complexity index is 951. The molecule has 0 aromatic heterocycles. The summed E-state index contributed by atoms with van der Waals surface area (Å²) in [4.78, 5) is 9.05. The first kappa shape index (κ1) is 29.0. The highest BCUT2D eigenvalue weighted by Crippen LogP contribution is 2.28. The summed E-state index contributed by atoms with van der Waals surface area (Å²) < 4.78 is 0. The Balaban J connectivity index is 0.000000320. The molecule has 1 unspecified atom stereocenters. The summed E-state index contributed by atoms with van der Waals surface area (Å²) >= 11 is 23.9. The van der Waals surface area contributed by atoms with Gasteiger partial charge in [0.2, 0.25) is 0 Å². The molecule has 32 heavy (non-hydrogen) atoms. The van der Waals surface area contributed by atoms with Gasteiger partial charge in [-0.1, -0.05) is 100 Å². The van der Waals surface area contributed by atoms with Gasteiger partial charge < -0.3 is 0 Å². The predicted octanol–water partition coefficient (Wildman–Crippen LogP) is 10.0. The van der Waals surface area contributed by atoms with Crippen molar-refractivity contribution >= 4 is 58.3 Å². The molecule has 1 atom stereocenters. The van der Waals surface area contributed by atoms with Crippen LogP contribution in [0.2, 0.25) is 20.1 Å². The van der Waals surface area contributed by atoms with Gasteiger partial charge in [0, 0.05) is 39.1 Å². The summed E-state index contributed by atoms with van der Waals surface area (Å²) in [6.45, 7) is 17.6. The first-order valence-electron chi connectivity index (χ1n) is 10.5. The van der Waals surface area contributed by atoms with Crippen LogP contribution in [0.25, 0.3) is 0 Å². The molecule has 0 saturated heterocycles. The quantitative estimate of drug-likeness (QED) is 0.361. The third-order valence-electron chi connectivity index (χ3n) is 4.21. The number of rotatable bonds is 4. The number of benzene rings is 2. The fourth-order valence-corrected chi connectivity index (χ4v) is 3.59. The highest BCUT2D eigenvalue weighted by Gasteiger charge is 2.11. The van der Waals surface area contributed by atoms with Crippen molar-refractivity contribution in [1.82, 2.24) is 0 Å². The van der Waals surface area contributed by atoms with Crippen molar-refractivity contribution < 1.29 is 0 Å². The van der Waals surface area contributed by atoms with Gasteiger partial charge in [0.1, 0.15) is 0 Å². The van der Waals surface area contributed by atoms with Gasteiger partial charge >= 0.3 is 0 Å². The zero-order chi connectivity index (χ0) is 24.7. The van der Waals surface area contributed by atoms with Crippen LogP contribution in [0.5, 0.6) is 0 Å². The van der Waals surface area contributed by atoms with Gasteiger partial charge in [0.25, 0.3) is 0 Å². The lowest BCUT2D eigenvalue weighted by Gasteiger charge is -2.15. The van der Waals surface area contributed by atoms with Gasteiger partial charge in [0.15, 0.2) is 0 Å². The molecule has 0 aliphatic heterocycles. The van der Waals surface area contributed by atoms with Crippen molar-refractivity contribution in [3.8, 4) is 0 Å². The average Bonchev–Trinajstić information content (AvgIpc) is 2.63. The lowest BCUT2D eigenvalue weighted by molar-refractivity contribution is 0.429. The highest BCUT2D eigenvalue weighted by molar-refractivity contribution is 6.37. The molecule has 0 aliphatic carbocycles. The standard InChI is InChI=1S/2C13H17Cl2N/c2*1-9(16-8-13(2,3)4)11-6-5-10(14)7-12(11)15/h5-7H,8H2,1-4H3;5-9H,1-4H3. The maximum atomic E-state index is 6.12. The zero-order valence-corrected chi connectivity index (χ0v) is 23.3. The van der Waals surface area contributed by atoms with Crippen LogP contribution in [0.1, 0.15) is 72.6 Å². The third-order valence-corrected chi connectivity index (χ3v) is 5.32. The molecule has 0 saturated carbocycles. The molecular weight excluding hydrogens is 482 g/mol. The molecule has 0 heterocycles. The molecule has 2 nitrogen and oxygen atoms in total. The van der Waals surface area contributed by atoms with E-state index in [1.807, 2.05) is 44.3 Å². The number of aliphatic imine (C=N–C) groups is 2. The van der Waals surface area contributed by atoms with Gasteiger partial charge in [-0.05, 0) is 54.5 Å². The largest absolute Gasteiger partial charge is 0.289 e. The second kappa shape index (κ2) is 12.4. The molecule has 0 N–H and O–H groups in total. The van der Waals surface area contributed by atoms with Crippen molar-refractivity contribution in [2.75, 3.05) is 6.54 Å². The molecule has 0 radical (unpaired) electrons. The van der Waals surface area contributed by atoms with E-state index in [0.29, 0.717) is 20.1 Å². The zero-order valence-electron chi connectivity index (χ0n) is 20.2. The van der Waals surface area contributed by atoms with E-state index in [2.05, 4.69) is 51.5 Å². The Hall–Kier alpha value is -1.06. The molecule has 2 rings (SSSR count). The fraction of sp³-hybridized carbons (Fsp3) is 0.462. The summed E-state index contributed by atoms with van der Waals surface area (Å²) in [5.74, 6) is 0. The normalized spacial score (nSPS) is 13.7. The Morgan fingerprint density at radius 1 is 0.875 bits per heavy atom. The SMILES string of the molecule is CC(=NCC(C)(C)C)c1ccc(Cl)cc1Cl.CC(N=CC(C)(C)C)c1ccc(Cl)cc1Cl. The van der Waals surface area contributed by atoms with Crippen LogP contribution in [0.3, 0.4) is 0 Å². The Morgan fingerprint density at radius 3 is 1.88 bits per heavy atom. The van der Waals surface area contributed by atoms with E-state index in [1.165, 1.54) is 0 Å². The minimum Gasteiger partial charge on any atom is -0.289 e. The maximum Gasteiger partial charge on any atom is 0.0731 e. The van der Waals surface area contributed by atoms with E-state index in [9.17, 15) is 0 Å². The maximum absolute atomic E-state index is 6.12. The van der Waals surface area contributed by atoms with E-state index in [0.717, 1.165) is 23.4 Å². The Labute approximate surface area is 214 Å². The number of hydrogen-bond acceptors (Lipinski definition) is 2. The minimum absolute atomic E-state index is 0.0593. The lowest BCUT2D eigenvalue weighted by atomic mass is 9.97. The van der Waals surface area contributed by atoms with Crippen LogP contribution in [-0.2, 0) is 0 Å². The molecule has 0 spiro atoms. The van der Waals surface area contributed by atoms with Crippen molar-refractivity contribution in [1.29, 1.82) is 0 Å². The van der Waals surface area contributed by atoms with Crippen molar-refractivity contribution in [2.24, 2.45) is 20.8 Å². The molecule has 0 fully saturated rings. The molecular formula is C26H34Cl4N2. The van der Waals surface area contributed by atoms with Gasteiger partial charge in [-0.15, -0.1) is 0 Å². The Morgan fingerprint density at radius 2 is 1.41 bits per heavy atom. The molecule has 6 heteroatoms. The van der Waals surface area contributed by atoms with E-state index in [-0.39, 0.29) is 16.9 Å². The second-order valence-electron chi connectivity index (χ2n) is 10.1. The van der Waals surface area contributed by atoms with Crippen molar-refractivity contribution in [3.05, 3.63) is 67.6 Å². The van der Waals surface area contributed by atoms with Gasteiger partial charge in [-0.25, -0.2) is 0 Å². The fourth-order valence-electron chi connectivity index (χ4n) is 2.48. The summed E-state index contributed by atoms with van der Waals surface area (Å²) in [5, 5.41) is 2.63. The Kier molecular flexibility index (Phi) is 11.2. The van der Waals surface area contributed by atoms with E-state index >= 15 is 0 Å². The molecule has 0 bridgehead atoms. The minimum atomic E-state index is 0.0593. The summed E-state index contributed by atoms with van der Waals surface area (Å²) in [6.07, 6.45) is 1.96.